The minimum atomic E-state index is -4.39. The van der Waals surface area contributed by atoms with Gasteiger partial charge in [0.25, 0.3) is 0 Å². The zero-order valence-electron chi connectivity index (χ0n) is 8.81. The molecule has 0 radical (unpaired) electrons. The molecule has 0 aliphatic heterocycles. The number of carbonyl (C=O) groups is 1. The number of halogens is 5. The first-order chi connectivity index (χ1) is 8.19. The van der Waals surface area contributed by atoms with Crippen LogP contribution < -0.4 is 5.32 Å². The first-order valence-electron chi connectivity index (χ1n) is 4.73. The Labute approximate surface area is 110 Å². The van der Waals surface area contributed by atoms with Gasteiger partial charge in [-0.05, 0) is 12.1 Å². The second-order valence-corrected chi connectivity index (χ2v) is 4.27. The van der Waals surface area contributed by atoms with E-state index in [4.69, 9.17) is 23.2 Å². The van der Waals surface area contributed by atoms with Gasteiger partial charge < -0.3 is 10.4 Å². The Bertz CT molecular complexity index is 440. The molecule has 1 amide bonds. The van der Waals surface area contributed by atoms with Gasteiger partial charge in [-0.3, -0.25) is 4.79 Å². The van der Waals surface area contributed by atoms with Crippen molar-refractivity contribution in [3.63, 3.8) is 0 Å². The molecule has 1 rings (SSSR count). The summed E-state index contributed by atoms with van der Waals surface area (Å²) in [5.74, 6) is -1.17. The van der Waals surface area contributed by atoms with Crippen molar-refractivity contribution >= 4 is 34.8 Å². The predicted octanol–water partition coefficient (Wildman–Crippen LogP) is 3.98. The fourth-order valence-corrected chi connectivity index (χ4v) is 1.60. The Morgan fingerprint density at radius 2 is 1.78 bits per heavy atom. The van der Waals surface area contributed by atoms with Crippen molar-refractivity contribution in [2.75, 3.05) is 5.32 Å². The van der Waals surface area contributed by atoms with Crippen molar-refractivity contribution in [3.8, 4) is 5.75 Å². The molecule has 0 atom stereocenters. The van der Waals surface area contributed by atoms with E-state index in [0.29, 0.717) is 0 Å². The number of aromatic hydroxyl groups is 1. The van der Waals surface area contributed by atoms with Gasteiger partial charge in [0.2, 0.25) is 5.91 Å². The average molecular weight is 302 g/mol. The second-order valence-electron chi connectivity index (χ2n) is 3.45. The molecule has 0 spiro atoms. The van der Waals surface area contributed by atoms with E-state index in [9.17, 15) is 23.1 Å². The largest absolute Gasteiger partial charge is 0.505 e. The van der Waals surface area contributed by atoms with Gasteiger partial charge in [0.1, 0.15) is 0 Å². The van der Waals surface area contributed by atoms with Crippen molar-refractivity contribution in [1.82, 2.24) is 0 Å². The molecule has 0 aliphatic rings. The topological polar surface area (TPSA) is 49.3 Å². The number of amides is 1. The van der Waals surface area contributed by atoms with Crippen molar-refractivity contribution < 1.29 is 23.1 Å². The maximum Gasteiger partial charge on any atom is 0.389 e. The molecule has 2 N–H and O–H groups in total. The highest BCUT2D eigenvalue weighted by Gasteiger charge is 2.27. The fourth-order valence-electron chi connectivity index (χ4n) is 1.12. The smallest absolute Gasteiger partial charge is 0.389 e. The monoisotopic (exact) mass is 301 g/mol. The number of nitrogens with one attached hydrogen (secondary N) is 1. The van der Waals surface area contributed by atoms with Gasteiger partial charge in [0.15, 0.2) is 5.75 Å². The lowest BCUT2D eigenvalue weighted by molar-refractivity contribution is -0.142. The van der Waals surface area contributed by atoms with Gasteiger partial charge >= 0.3 is 6.18 Å². The number of hydrogen-bond acceptors (Lipinski definition) is 2. The second kappa shape index (κ2) is 5.67. The van der Waals surface area contributed by atoms with Crippen LogP contribution in [0.15, 0.2) is 12.1 Å². The maximum atomic E-state index is 11.9. The van der Waals surface area contributed by atoms with Crippen molar-refractivity contribution in [1.29, 1.82) is 0 Å². The van der Waals surface area contributed by atoms with Crippen LogP contribution in [-0.2, 0) is 4.79 Å². The molecule has 0 saturated carbocycles. The molecule has 18 heavy (non-hydrogen) atoms. The van der Waals surface area contributed by atoms with Crippen LogP contribution in [0, 0.1) is 0 Å². The minimum absolute atomic E-state index is 0.103. The molecule has 100 valence electrons. The summed E-state index contributed by atoms with van der Waals surface area (Å²) in [6.45, 7) is 0. The molecule has 8 heteroatoms. The van der Waals surface area contributed by atoms with E-state index in [-0.39, 0.29) is 21.5 Å². The summed E-state index contributed by atoms with van der Waals surface area (Å²) in [6.07, 6.45) is -6.29. The Hall–Kier alpha value is -1.14. The zero-order chi connectivity index (χ0) is 13.9. The van der Waals surface area contributed by atoms with Gasteiger partial charge in [-0.2, -0.15) is 13.2 Å². The number of anilines is 1. The molecule has 0 aliphatic carbocycles. The van der Waals surface area contributed by atoms with Crippen LogP contribution in [0.3, 0.4) is 0 Å². The number of hydrogen-bond donors (Lipinski definition) is 2. The van der Waals surface area contributed by atoms with E-state index in [1.807, 2.05) is 0 Å². The molecule has 1 aromatic carbocycles. The van der Waals surface area contributed by atoms with Gasteiger partial charge in [-0.1, -0.05) is 23.2 Å². The normalized spacial score (nSPS) is 11.4. The molecule has 0 fully saturated rings. The number of benzene rings is 1. The van der Waals surface area contributed by atoms with Gasteiger partial charge in [-0.15, -0.1) is 0 Å². The molecule has 0 saturated heterocycles. The molecule has 0 bridgehead atoms. The highest BCUT2D eigenvalue weighted by Crippen LogP contribution is 2.34. The molecular weight excluding hydrogens is 294 g/mol. The molecule has 0 unspecified atom stereocenters. The van der Waals surface area contributed by atoms with E-state index in [1.165, 1.54) is 12.1 Å². The van der Waals surface area contributed by atoms with E-state index in [1.54, 1.807) is 0 Å². The summed E-state index contributed by atoms with van der Waals surface area (Å²) in [4.78, 5) is 11.2. The first-order valence-corrected chi connectivity index (χ1v) is 5.49. The van der Waals surface area contributed by atoms with Crippen LogP contribution >= 0.6 is 23.2 Å². The van der Waals surface area contributed by atoms with Crippen LogP contribution in [0.25, 0.3) is 0 Å². The number of phenolic OH excluding ortho intramolecular Hbond substituents is 1. The third-order valence-corrected chi connectivity index (χ3v) is 2.51. The van der Waals surface area contributed by atoms with Gasteiger partial charge in [0, 0.05) is 12.1 Å². The van der Waals surface area contributed by atoms with E-state index in [0.717, 1.165) is 0 Å². The summed E-state index contributed by atoms with van der Waals surface area (Å²) in [5, 5.41) is 11.2. The number of phenols is 1. The Morgan fingerprint density at radius 1 is 1.28 bits per heavy atom. The standard InChI is InChI=1S/C10H8Cl2F3NO2/c11-6-3-5(4-7(12)9(6)18)16-8(17)1-2-10(13,14)15/h3-4,18H,1-2H2,(H,16,17). The molecule has 1 aromatic rings. The van der Waals surface area contributed by atoms with E-state index >= 15 is 0 Å². The quantitative estimate of drug-likeness (QED) is 0.830. The van der Waals surface area contributed by atoms with Crippen LogP contribution in [0.1, 0.15) is 12.8 Å². The Balaban J connectivity index is 2.65. The Morgan fingerprint density at radius 3 is 2.22 bits per heavy atom. The summed E-state index contributed by atoms with van der Waals surface area (Å²) >= 11 is 11.2. The summed E-state index contributed by atoms with van der Waals surface area (Å²) in [6, 6.07) is 2.38. The van der Waals surface area contributed by atoms with Crippen LogP contribution in [-0.4, -0.2) is 17.2 Å². The number of carbonyl (C=O) groups excluding carboxylic acids is 1. The lowest BCUT2D eigenvalue weighted by atomic mass is 10.2. The third kappa shape index (κ3) is 4.62. The predicted molar refractivity (Wildman–Crippen MR) is 62.0 cm³/mol. The molecule has 0 aromatic heterocycles. The summed E-state index contributed by atoms with van der Waals surface area (Å²) in [5.41, 5.74) is 0.120. The van der Waals surface area contributed by atoms with Crippen molar-refractivity contribution in [2.24, 2.45) is 0 Å². The average Bonchev–Trinajstić information content (AvgIpc) is 2.22. The van der Waals surface area contributed by atoms with E-state index < -0.39 is 24.9 Å². The number of alkyl halides is 3. The molecule has 0 heterocycles. The van der Waals surface area contributed by atoms with Gasteiger partial charge in [0.05, 0.1) is 16.5 Å². The fraction of sp³-hybridized carbons (Fsp3) is 0.300. The van der Waals surface area contributed by atoms with Crippen LogP contribution in [0.2, 0.25) is 10.0 Å². The van der Waals surface area contributed by atoms with Crippen LogP contribution in [0.5, 0.6) is 5.75 Å². The SMILES string of the molecule is O=C(CCC(F)(F)F)Nc1cc(Cl)c(O)c(Cl)c1. The lowest BCUT2D eigenvalue weighted by Gasteiger charge is -2.09. The lowest BCUT2D eigenvalue weighted by Crippen LogP contribution is -2.16. The zero-order valence-corrected chi connectivity index (χ0v) is 10.3. The van der Waals surface area contributed by atoms with Crippen molar-refractivity contribution in [3.05, 3.63) is 22.2 Å². The number of rotatable bonds is 3. The van der Waals surface area contributed by atoms with Crippen LogP contribution in [0.4, 0.5) is 18.9 Å². The third-order valence-electron chi connectivity index (χ3n) is 1.94. The highest BCUT2D eigenvalue weighted by atomic mass is 35.5. The summed E-state index contributed by atoms with van der Waals surface area (Å²) < 4.78 is 35.6. The molecule has 3 nitrogen and oxygen atoms in total. The molecular formula is C10H8Cl2F3NO2. The van der Waals surface area contributed by atoms with Gasteiger partial charge in [-0.25, -0.2) is 0 Å². The maximum absolute atomic E-state index is 11.9. The summed E-state index contributed by atoms with van der Waals surface area (Å²) in [7, 11) is 0. The Kier molecular flexibility index (Phi) is 4.70. The first kappa shape index (κ1) is 14.9. The highest BCUT2D eigenvalue weighted by molar-refractivity contribution is 6.37. The van der Waals surface area contributed by atoms with Crippen molar-refractivity contribution in [2.45, 2.75) is 19.0 Å². The minimum Gasteiger partial charge on any atom is -0.505 e. The van der Waals surface area contributed by atoms with E-state index in [2.05, 4.69) is 5.32 Å².